The molecule has 0 amide bonds. The molecule has 4 rings (SSSR count). The molecule has 0 radical (unpaired) electrons. The van der Waals surface area contributed by atoms with E-state index in [1.807, 2.05) is 0 Å². The van der Waals surface area contributed by atoms with Crippen molar-refractivity contribution in [2.75, 3.05) is 0 Å². The molecule has 3 saturated carbocycles. The Hall–Kier alpha value is -0.0551. The summed E-state index contributed by atoms with van der Waals surface area (Å²) in [5.74, 6) is 2.02. The summed E-state index contributed by atoms with van der Waals surface area (Å²) >= 11 is 0. The van der Waals surface area contributed by atoms with E-state index < -0.39 is 0 Å². The van der Waals surface area contributed by atoms with Crippen LogP contribution in [0.5, 0.6) is 0 Å². The minimum absolute atomic E-state index is 0.00253. The first-order chi connectivity index (χ1) is 8.75. The van der Waals surface area contributed by atoms with E-state index in [0.717, 1.165) is 18.8 Å². The fourth-order valence-electron chi connectivity index (χ4n) is 4.74. The first-order valence-electron chi connectivity index (χ1n) is 7.84. The number of hydrogen-bond acceptors (Lipinski definition) is 3. The average Bonchev–Trinajstić information content (AvgIpc) is 2.64. The first kappa shape index (κ1) is 13.9. The molecule has 19 heavy (non-hydrogen) atoms. The van der Waals surface area contributed by atoms with E-state index in [-0.39, 0.29) is 24.8 Å². The molecule has 4 fully saturated rings. The Bertz CT molecular complexity index is 373. The molecular formula is C15H28BNO2. The molecule has 1 unspecified atom stereocenters. The second-order valence-corrected chi connectivity index (χ2v) is 8.13. The lowest BCUT2D eigenvalue weighted by Crippen LogP contribution is -2.65. The summed E-state index contributed by atoms with van der Waals surface area (Å²) < 4.78 is 12.5. The van der Waals surface area contributed by atoms with Gasteiger partial charge in [-0.25, -0.2) is 0 Å². The van der Waals surface area contributed by atoms with E-state index in [2.05, 4.69) is 34.6 Å². The van der Waals surface area contributed by atoms with Gasteiger partial charge in [0.2, 0.25) is 0 Å². The Morgan fingerprint density at radius 3 is 2.53 bits per heavy atom. The molecule has 108 valence electrons. The van der Waals surface area contributed by atoms with Gasteiger partial charge in [0.05, 0.1) is 11.7 Å². The van der Waals surface area contributed by atoms with Gasteiger partial charge < -0.3 is 15.0 Å². The van der Waals surface area contributed by atoms with Crippen molar-refractivity contribution in [3.05, 3.63) is 0 Å². The van der Waals surface area contributed by atoms with Gasteiger partial charge in [-0.3, -0.25) is 0 Å². The minimum atomic E-state index is -0.201. The van der Waals surface area contributed by atoms with Crippen molar-refractivity contribution in [3.63, 3.8) is 0 Å². The molecule has 1 saturated heterocycles. The summed E-state index contributed by atoms with van der Waals surface area (Å²) in [5, 5.41) is 0. The highest BCUT2D eigenvalue weighted by Gasteiger charge is 2.68. The standard InChI is InChI=1S/C15H28BNO2/c1-9(2)6-13(17)16-18-12-8-10-7-11(14(10,3)4)15(12,5)19-16/h9-13H,6-8,17H2,1-5H3/t10-,11-,12?,13-,15-/m1/s1. The molecule has 1 aliphatic heterocycles. The Morgan fingerprint density at radius 2 is 1.95 bits per heavy atom. The van der Waals surface area contributed by atoms with Crippen LogP contribution in [-0.2, 0) is 9.31 Å². The van der Waals surface area contributed by atoms with Crippen molar-refractivity contribution in [1.29, 1.82) is 0 Å². The summed E-state index contributed by atoms with van der Waals surface area (Å²) in [4.78, 5) is 0. The Morgan fingerprint density at radius 1 is 1.26 bits per heavy atom. The third-order valence-corrected chi connectivity index (χ3v) is 6.06. The Labute approximate surface area is 117 Å². The van der Waals surface area contributed by atoms with Crippen molar-refractivity contribution >= 4 is 7.12 Å². The van der Waals surface area contributed by atoms with E-state index in [0.29, 0.717) is 17.3 Å². The maximum absolute atomic E-state index is 6.35. The van der Waals surface area contributed by atoms with E-state index in [4.69, 9.17) is 15.0 Å². The van der Waals surface area contributed by atoms with Crippen molar-refractivity contribution in [1.82, 2.24) is 0 Å². The van der Waals surface area contributed by atoms with E-state index in [9.17, 15) is 0 Å². The van der Waals surface area contributed by atoms with Crippen LogP contribution >= 0.6 is 0 Å². The maximum Gasteiger partial charge on any atom is 0.475 e. The normalized spacial score (nSPS) is 45.0. The lowest BCUT2D eigenvalue weighted by Gasteiger charge is -2.64. The zero-order valence-corrected chi connectivity index (χ0v) is 13.0. The number of hydrogen-bond donors (Lipinski definition) is 1. The summed E-state index contributed by atoms with van der Waals surface area (Å²) in [6.45, 7) is 11.4. The molecule has 0 aromatic rings. The molecule has 5 atom stereocenters. The van der Waals surface area contributed by atoms with Gasteiger partial charge in [0.15, 0.2) is 0 Å². The van der Waals surface area contributed by atoms with E-state index >= 15 is 0 Å². The quantitative estimate of drug-likeness (QED) is 0.798. The van der Waals surface area contributed by atoms with Gasteiger partial charge in [-0.15, -0.1) is 0 Å². The van der Waals surface area contributed by atoms with E-state index in [1.165, 1.54) is 6.42 Å². The monoisotopic (exact) mass is 265 g/mol. The largest absolute Gasteiger partial charge is 0.475 e. The van der Waals surface area contributed by atoms with Crippen molar-refractivity contribution in [2.45, 2.75) is 71.5 Å². The molecule has 0 spiro atoms. The van der Waals surface area contributed by atoms with Gasteiger partial charge >= 0.3 is 7.12 Å². The van der Waals surface area contributed by atoms with Gasteiger partial charge in [-0.1, -0.05) is 27.7 Å². The SMILES string of the molecule is CC(C)C[C@@H](N)B1OC2C[C@H]3C[C@H](C3(C)C)[C@@]2(C)O1. The van der Waals surface area contributed by atoms with Crippen molar-refractivity contribution < 1.29 is 9.31 Å². The third kappa shape index (κ3) is 1.90. The zero-order valence-electron chi connectivity index (χ0n) is 13.0. The van der Waals surface area contributed by atoms with E-state index in [1.54, 1.807) is 0 Å². The number of nitrogens with two attached hydrogens (primary N) is 1. The summed E-state index contributed by atoms with van der Waals surface area (Å²) in [6, 6.07) is 0. The lowest BCUT2D eigenvalue weighted by molar-refractivity contribution is -0.199. The molecule has 3 nitrogen and oxygen atoms in total. The van der Waals surface area contributed by atoms with Crippen LogP contribution in [0.3, 0.4) is 0 Å². The lowest BCUT2D eigenvalue weighted by atomic mass is 9.43. The molecule has 0 aromatic carbocycles. The van der Waals surface area contributed by atoms with Crippen LogP contribution in [0, 0.1) is 23.2 Å². The molecule has 2 bridgehead atoms. The van der Waals surface area contributed by atoms with Crippen LogP contribution in [-0.4, -0.2) is 24.8 Å². The minimum Gasteiger partial charge on any atom is -0.404 e. The molecule has 1 heterocycles. The summed E-state index contributed by atoms with van der Waals surface area (Å²) in [6.07, 6.45) is 3.67. The highest BCUT2D eigenvalue weighted by Crippen LogP contribution is 2.65. The number of rotatable bonds is 3. The summed E-state index contributed by atoms with van der Waals surface area (Å²) in [7, 11) is -0.201. The average molecular weight is 265 g/mol. The van der Waals surface area contributed by atoms with Gasteiger partial charge in [0, 0.05) is 5.94 Å². The topological polar surface area (TPSA) is 44.5 Å². The molecule has 0 aromatic heterocycles. The van der Waals surface area contributed by atoms with Crippen molar-refractivity contribution in [2.24, 2.45) is 28.9 Å². The van der Waals surface area contributed by atoms with Crippen molar-refractivity contribution in [3.8, 4) is 0 Å². The third-order valence-electron chi connectivity index (χ3n) is 6.06. The van der Waals surface area contributed by atoms with Crippen LogP contribution < -0.4 is 5.73 Å². The van der Waals surface area contributed by atoms with Crippen LogP contribution in [0.1, 0.15) is 53.9 Å². The molecular weight excluding hydrogens is 237 g/mol. The fourth-order valence-corrected chi connectivity index (χ4v) is 4.74. The fraction of sp³-hybridized carbons (Fsp3) is 1.00. The molecule has 4 heteroatoms. The summed E-state index contributed by atoms with van der Waals surface area (Å²) in [5.41, 5.74) is 6.56. The zero-order chi connectivity index (χ0) is 14.0. The van der Waals surface area contributed by atoms with Crippen LogP contribution in [0.2, 0.25) is 0 Å². The second-order valence-electron chi connectivity index (χ2n) is 8.13. The predicted octanol–water partition coefficient (Wildman–Crippen LogP) is 2.63. The van der Waals surface area contributed by atoms with Crippen LogP contribution in [0.4, 0.5) is 0 Å². The van der Waals surface area contributed by atoms with Gasteiger partial charge in [-0.2, -0.15) is 0 Å². The van der Waals surface area contributed by atoms with Gasteiger partial charge in [-0.05, 0) is 49.4 Å². The van der Waals surface area contributed by atoms with Gasteiger partial charge in [0.25, 0.3) is 0 Å². The van der Waals surface area contributed by atoms with Gasteiger partial charge in [0.1, 0.15) is 0 Å². The Balaban J connectivity index is 1.74. The smallest absolute Gasteiger partial charge is 0.404 e. The van der Waals surface area contributed by atoms with Crippen LogP contribution in [0.25, 0.3) is 0 Å². The van der Waals surface area contributed by atoms with Crippen LogP contribution in [0.15, 0.2) is 0 Å². The molecule has 3 aliphatic carbocycles. The Kier molecular flexibility index (Phi) is 3.09. The molecule has 4 aliphatic rings. The highest BCUT2D eigenvalue weighted by molar-refractivity contribution is 6.47. The molecule has 2 N–H and O–H groups in total. The second kappa shape index (κ2) is 4.22. The first-order valence-corrected chi connectivity index (χ1v) is 7.84. The highest BCUT2D eigenvalue weighted by atomic mass is 16.7. The predicted molar refractivity (Wildman–Crippen MR) is 77.5 cm³/mol. The maximum atomic E-state index is 6.35.